The van der Waals surface area contributed by atoms with Crippen LogP contribution < -0.4 is 5.32 Å². The minimum absolute atomic E-state index is 0.591. The third kappa shape index (κ3) is 1.37. The van der Waals surface area contributed by atoms with E-state index in [1.807, 2.05) is 0 Å². The Balaban J connectivity index is 2.00. The molecule has 3 nitrogen and oxygen atoms in total. The first-order valence-corrected chi connectivity index (χ1v) is 4.76. The summed E-state index contributed by atoms with van der Waals surface area (Å²) in [5.41, 5.74) is 0. The molecule has 0 aromatic carbocycles. The monoisotopic (exact) mass is 170 g/mol. The zero-order valence-corrected chi connectivity index (χ0v) is 7.92. The van der Waals surface area contributed by atoms with E-state index in [2.05, 4.69) is 17.3 Å². The second kappa shape index (κ2) is 3.32. The highest BCUT2D eigenvalue weighted by Crippen LogP contribution is 2.24. The molecule has 0 aliphatic carbocycles. The molecule has 3 unspecified atom stereocenters. The lowest BCUT2D eigenvalue weighted by molar-refractivity contribution is 0.0655. The van der Waals surface area contributed by atoms with E-state index in [1.165, 1.54) is 19.4 Å². The van der Waals surface area contributed by atoms with Gasteiger partial charge in [0.2, 0.25) is 0 Å². The van der Waals surface area contributed by atoms with Crippen LogP contribution in [-0.4, -0.2) is 50.3 Å². The summed E-state index contributed by atoms with van der Waals surface area (Å²) in [5, 5.41) is 3.63. The average molecular weight is 170 g/mol. The van der Waals surface area contributed by atoms with Gasteiger partial charge in [0, 0.05) is 31.8 Å². The standard InChI is InChI=1S/C9H18N2O/c1-11-5-7-3-4-8(10-7)9(11)6-12-2/h7-10H,3-6H2,1-2H3. The highest BCUT2D eigenvalue weighted by Gasteiger charge is 2.37. The van der Waals surface area contributed by atoms with Crippen molar-refractivity contribution in [3.63, 3.8) is 0 Å². The highest BCUT2D eigenvalue weighted by atomic mass is 16.5. The number of likely N-dealkylation sites (N-methyl/N-ethyl adjacent to an activating group) is 1. The second-order valence-corrected chi connectivity index (χ2v) is 4.01. The molecule has 0 radical (unpaired) electrons. The molecule has 2 bridgehead atoms. The van der Waals surface area contributed by atoms with Crippen molar-refractivity contribution in [2.24, 2.45) is 0 Å². The van der Waals surface area contributed by atoms with E-state index < -0.39 is 0 Å². The van der Waals surface area contributed by atoms with Gasteiger partial charge in [-0.15, -0.1) is 0 Å². The molecule has 2 fully saturated rings. The van der Waals surface area contributed by atoms with Crippen molar-refractivity contribution in [2.45, 2.75) is 31.0 Å². The van der Waals surface area contributed by atoms with Crippen molar-refractivity contribution < 1.29 is 4.74 Å². The van der Waals surface area contributed by atoms with Crippen LogP contribution in [0, 0.1) is 0 Å². The number of nitrogens with zero attached hydrogens (tertiary/aromatic N) is 1. The normalized spacial score (nSPS) is 42.0. The fourth-order valence-corrected chi connectivity index (χ4v) is 2.50. The molecule has 0 saturated carbocycles. The lowest BCUT2D eigenvalue weighted by Crippen LogP contribution is -2.57. The highest BCUT2D eigenvalue weighted by molar-refractivity contribution is 4.98. The Morgan fingerprint density at radius 3 is 3.08 bits per heavy atom. The van der Waals surface area contributed by atoms with E-state index >= 15 is 0 Å². The summed E-state index contributed by atoms with van der Waals surface area (Å²) in [4.78, 5) is 2.43. The van der Waals surface area contributed by atoms with Gasteiger partial charge in [0.15, 0.2) is 0 Å². The van der Waals surface area contributed by atoms with E-state index in [4.69, 9.17) is 4.74 Å². The fourth-order valence-electron chi connectivity index (χ4n) is 2.50. The number of fused-ring (bicyclic) bond motifs is 2. The Hall–Kier alpha value is -0.120. The molecular weight excluding hydrogens is 152 g/mol. The third-order valence-electron chi connectivity index (χ3n) is 3.15. The van der Waals surface area contributed by atoms with Gasteiger partial charge in [0.25, 0.3) is 0 Å². The number of likely N-dealkylation sites (tertiary alicyclic amines) is 1. The summed E-state index contributed by atoms with van der Waals surface area (Å²) in [6.07, 6.45) is 2.66. The average Bonchev–Trinajstić information content (AvgIpc) is 2.43. The molecule has 2 aliphatic heterocycles. The Labute approximate surface area is 74.1 Å². The fraction of sp³-hybridized carbons (Fsp3) is 1.00. The SMILES string of the molecule is COCC1C2CCC(CN1C)N2. The van der Waals surface area contributed by atoms with Crippen LogP contribution in [0.25, 0.3) is 0 Å². The molecule has 0 spiro atoms. The van der Waals surface area contributed by atoms with E-state index in [1.54, 1.807) is 7.11 Å². The van der Waals surface area contributed by atoms with E-state index in [-0.39, 0.29) is 0 Å². The molecule has 3 atom stereocenters. The second-order valence-electron chi connectivity index (χ2n) is 4.01. The van der Waals surface area contributed by atoms with Gasteiger partial charge in [-0.05, 0) is 19.9 Å². The number of ether oxygens (including phenoxy) is 1. The van der Waals surface area contributed by atoms with E-state index in [0.717, 1.165) is 12.6 Å². The van der Waals surface area contributed by atoms with Gasteiger partial charge in [0.1, 0.15) is 0 Å². The van der Waals surface area contributed by atoms with Gasteiger partial charge in [-0.3, -0.25) is 4.90 Å². The Kier molecular flexibility index (Phi) is 2.35. The topological polar surface area (TPSA) is 24.5 Å². The number of methoxy groups -OCH3 is 1. The molecule has 12 heavy (non-hydrogen) atoms. The minimum Gasteiger partial charge on any atom is -0.383 e. The maximum absolute atomic E-state index is 5.22. The van der Waals surface area contributed by atoms with Gasteiger partial charge in [-0.25, -0.2) is 0 Å². The molecule has 70 valence electrons. The largest absolute Gasteiger partial charge is 0.383 e. The van der Waals surface area contributed by atoms with Crippen molar-refractivity contribution in [3.8, 4) is 0 Å². The Morgan fingerprint density at radius 2 is 2.33 bits per heavy atom. The maximum atomic E-state index is 5.22. The van der Waals surface area contributed by atoms with Crippen LogP contribution >= 0.6 is 0 Å². The molecule has 2 saturated heterocycles. The van der Waals surface area contributed by atoms with Crippen LogP contribution in [0.3, 0.4) is 0 Å². The van der Waals surface area contributed by atoms with Crippen molar-refractivity contribution in [3.05, 3.63) is 0 Å². The number of hydrogen-bond donors (Lipinski definition) is 1. The first-order chi connectivity index (χ1) is 5.81. The predicted molar refractivity (Wildman–Crippen MR) is 48.2 cm³/mol. The first kappa shape index (κ1) is 8.48. The number of nitrogens with one attached hydrogen (secondary N) is 1. The zero-order chi connectivity index (χ0) is 8.55. The first-order valence-electron chi connectivity index (χ1n) is 4.76. The van der Waals surface area contributed by atoms with Crippen LogP contribution in [0.15, 0.2) is 0 Å². The lowest BCUT2D eigenvalue weighted by atomic mass is 10.1. The van der Waals surface area contributed by atoms with Crippen LogP contribution in [-0.2, 0) is 4.74 Å². The molecule has 2 aliphatic rings. The molecule has 3 heteroatoms. The smallest absolute Gasteiger partial charge is 0.0633 e. The van der Waals surface area contributed by atoms with Crippen LogP contribution in [0.4, 0.5) is 0 Å². The molecule has 1 N–H and O–H groups in total. The molecular formula is C9H18N2O. The van der Waals surface area contributed by atoms with Crippen LogP contribution in [0.2, 0.25) is 0 Å². The summed E-state index contributed by atoms with van der Waals surface area (Å²) in [6, 6.07) is 2.01. The van der Waals surface area contributed by atoms with Gasteiger partial charge in [-0.1, -0.05) is 0 Å². The number of rotatable bonds is 2. The van der Waals surface area contributed by atoms with E-state index in [0.29, 0.717) is 12.1 Å². The van der Waals surface area contributed by atoms with Crippen LogP contribution in [0.1, 0.15) is 12.8 Å². The van der Waals surface area contributed by atoms with Crippen LogP contribution in [0.5, 0.6) is 0 Å². The molecule has 2 heterocycles. The van der Waals surface area contributed by atoms with Gasteiger partial charge < -0.3 is 10.1 Å². The summed E-state index contributed by atoms with van der Waals surface area (Å²) in [6.45, 7) is 2.05. The van der Waals surface area contributed by atoms with Crippen molar-refractivity contribution in [2.75, 3.05) is 27.3 Å². The maximum Gasteiger partial charge on any atom is 0.0633 e. The van der Waals surface area contributed by atoms with Gasteiger partial charge in [-0.2, -0.15) is 0 Å². The minimum atomic E-state index is 0.591. The molecule has 2 rings (SSSR count). The number of piperazine rings is 1. The summed E-state index contributed by atoms with van der Waals surface area (Å²) < 4.78 is 5.22. The van der Waals surface area contributed by atoms with Crippen molar-refractivity contribution in [1.82, 2.24) is 10.2 Å². The van der Waals surface area contributed by atoms with Gasteiger partial charge >= 0.3 is 0 Å². The van der Waals surface area contributed by atoms with Crippen molar-refractivity contribution in [1.29, 1.82) is 0 Å². The lowest BCUT2D eigenvalue weighted by Gasteiger charge is -2.38. The quantitative estimate of drug-likeness (QED) is 0.634. The zero-order valence-electron chi connectivity index (χ0n) is 7.92. The van der Waals surface area contributed by atoms with E-state index in [9.17, 15) is 0 Å². The molecule has 0 aromatic heterocycles. The summed E-state index contributed by atoms with van der Waals surface area (Å²) in [7, 11) is 3.99. The summed E-state index contributed by atoms with van der Waals surface area (Å²) in [5.74, 6) is 0. The third-order valence-corrected chi connectivity index (χ3v) is 3.15. The Bertz CT molecular complexity index is 163. The Morgan fingerprint density at radius 1 is 1.50 bits per heavy atom. The summed E-state index contributed by atoms with van der Waals surface area (Å²) >= 11 is 0. The number of hydrogen-bond acceptors (Lipinski definition) is 3. The predicted octanol–water partition coefficient (Wildman–Crippen LogP) is 0.0674. The van der Waals surface area contributed by atoms with Crippen molar-refractivity contribution >= 4 is 0 Å². The molecule has 0 amide bonds. The van der Waals surface area contributed by atoms with Gasteiger partial charge in [0.05, 0.1) is 6.61 Å². The molecule has 0 aromatic rings.